The molecule has 1 saturated carbocycles. The molecule has 1 unspecified atom stereocenters. The van der Waals surface area contributed by atoms with Gasteiger partial charge in [0.05, 0.1) is 18.1 Å². The van der Waals surface area contributed by atoms with Gasteiger partial charge in [0.2, 0.25) is 11.8 Å². The lowest BCUT2D eigenvalue weighted by Gasteiger charge is -2.36. The first-order chi connectivity index (χ1) is 13.7. The molecule has 1 aromatic heterocycles. The van der Waals surface area contributed by atoms with Crippen molar-refractivity contribution >= 4 is 0 Å². The molecular formula is C20H20F3N3O3. The zero-order valence-corrected chi connectivity index (χ0v) is 15.4. The highest BCUT2D eigenvalue weighted by molar-refractivity contribution is 5.57. The second kappa shape index (κ2) is 7.00. The molecule has 6 nitrogen and oxygen atoms in total. The molecule has 2 aliphatic carbocycles. The number of benzene rings is 1. The van der Waals surface area contributed by atoms with Gasteiger partial charge in [-0.05, 0) is 55.0 Å². The Morgan fingerprint density at radius 2 is 2.03 bits per heavy atom. The highest BCUT2D eigenvalue weighted by Crippen LogP contribution is 2.41. The van der Waals surface area contributed by atoms with E-state index in [1.54, 1.807) is 0 Å². The summed E-state index contributed by atoms with van der Waals surface area (Å²) >= 11 is 0. The van der Waals surface area contributed by atoms with Crippen molar-refractivity contribution in [1.29, 1.82) is 0 Å². The van der Waals surface area contributed by atoms with E-state index in [0.717, 1.165) is 24.1 Å². The number of allylic oxidation sites excluding steroid dienone is 3. The molecule has 2 aromatic rings. The Labute approximate surface area is 164 Å². The zero-order valence-electron chi connectivity index (χ0n) is 15.4. The molecule has 0 amide bonds. The highest BCUT2D eigenvalue weighted by Gasteiger charge is 2.35. The fourth-order valence-electron chi connectivity index (χ4n) is 3.81. The van der Waals surface area contributed by atoms with Crippen molar-refractivity contribution in [1.82, 2.24) is 10.2 Å². The largest absolute Gasteiger partial charge is 0.507 e. The molecular weight excluding hydrogens is 387 g/mol. The summed E-state index contributed by atoms with van der Waals surface area (Å²) in [5, 5.41) is 26.9. The maximum absolute atomic E-state index is 13.0. The third kappa shape index (κ3) is 3.79. The molecule has 9 heteroatoms. The van der Waals surface area contributed by atoms with E-state index in [1.165, 1.54) is 11.6 Å². The van der Waals surface area contributed by atoms with Crippen LogP contribution in [0.3, 0.4) is 0 Å². The molecule has 29 heavy (non-hydrogen) atoms. The van der Waals surface area contributed by atoms with E-state index < -0.39 is 23.0 Å². The molecule has 154 valence electrons. The van der Waals surface area contributed by atoms with Crippen LogP contribution in [0.2, 0.25) is 0 Å². The predicted octanol–water partition coefficient (Wildman–Crippen LogP) is 3.67. The lowest BCUT2D eigenvalue weighted by molar-refractivity contribution is -0.138. The van der Waals surface area contributed by atoms with Crippen LogP contribution >= 0.6 is 0 Å². The van der Waals surface area contributed by atoms with Crippen molar-refractivity contribution < 1.29 is 27.8 Å². The second-order valence-electron chi connectivity index (χ2n) is 7.64. The summed E-state index contributed by atoms with van der Waals surface area (Å²) in [6, 6.07) is 3.04. The minimum Gasteiger partial charge on any atom is -0.507 e. The maximum Gasteiger partial charge on any atom is 0.419 e. The third-order valence-electron chi connectivity index (χ3n) is 5.49. The lowest BCUT2D eigenvalue weighted by Crippen LogP contribution is -2.46. The van der Waals surface area contributed by atoms with Gasteiger partial charge in [-0.2, -0.15) is 13.2 Å². The normalized spacial score (nSPS) is 24.7. The summed E-state index contributed by atoms with van der Waals surface area (Å²) in [6.45, 7) is -0.102. The number of alkyl halides is 3. The number of hydrogen-bond acceptors (Lipinski definition) is 6. The number of nitrogens with two attached hydrogens (primary N) is 1. The Morgan fingerprint density at radius 3 is 2.76 bits per heavy atom. The van der Waals surface area contributed by atoms with E-state index in [0.29, 0.717) is 25.2 Å². The fraction of sp³-hybridized carbons (Fsp3) is 0.400. The standard InChI is InChI=1S/C20H20F3N3O3/c21-20(22,23)15-8-13(3-4-16(15)28)18-26-25-17(29-18)12-2-1-11-5-6-19(24,10-27)9-14(11)7-12/h1,3-4,7-8,12,27-28H,2,5-6,9-10,24H2/t12?,19-/m0/s1. The van der Waals surface area contributed by atoms with Crippen LogP contribution in [0.4, 0.5) is 13.2 Å². The number of phenols is 1. The van der Waals surface area contributed by atoms with Crippen LogP contribution in [0.15, 0.2) is 45.9 Å². The summed E-state index contributed by atoms with van der Waals surface area (Å²) < 4.78 is 44.7. The molecule has 0 radical (unpaired) electrons. The average Bonchev–Trinajstić information content (AvgIpc) is 3.17. The van der Waals surface area contributed by atoms with E-state index in [-0.39, 0.29) is 24.0 Å². The van der Waals surface area contributed by atoms with Gasteiger partial charge in [-0.3, -0.25) is 0 Å². The van der Waals surface area contributed by atoms with Gasteiger partial charge in [-0.25, -0.2) is 0 Å². The van der Waals surface area contributed by atoms with E-state index in [1.807, 2.05) is 6.08 Å². The van der Waals surface area contributed by atoms with Crippen LogP contribution in [-0.4, -0.2) is 32.6 Å². The molecule has 4 N–H and O–H groups in total. The van der Waals surface area contributed by atoms with Crippen molar-refractivity contribution in [2.45, 2.75) is 43.3 Å². The Balaban J connectivity index is 1.60. The Bertz CT molecular complexity index is 996. The molecule has 1 aromatic carbocycles. The number of aliphatic hydroxyl groups is 1. The van der Waals surface area contributed by atoms with Crippen molar-refractivity contribution in [2.75, 3.05) is 6.61 Å². The predicted molar refractivity (Wildman–Crippen MR) is 97.8 cm³/mol. The smallest absolute Gasteiger partial charge is 0.419 e. The molecule has 4 rings (SSSR count). The number of aromatic hydroxyl groups is 1. The lowest BCUT2D eigenvalue weighted by atomic mass is 9.74. The molecule has 1 heterocycles. The first-order valence-corrected chi connectivity index (χ1v) is 9.22. The highest BCUT2D eigenvalue weighted by atomic mass is 19.4. The van der Waals surface area contributed by atoms with E-state index >= 15 is 0 Å². The number of rotatable bonds is 3. The zero-order chi connectivity index (χ0) is 20.8. The van der Waals surface area contributed by atoms with Gasteiger partial charge in [0.15, 0.2) is 0 Å². The minimum atomic E-state index is -4.69. The third-order valence-corrected chi connectivity index (χ3v) is 5.49. The number of hydrogen-bond donors (Lipinski definition) is 3. The first-order valence-electron chi connectivity index (χ1n) is 9.22. The van der Waals surface area contributed by atoms with Crippen LogP contribution in [0.1, 0.15) is 43.1 Å². The maximum atomic E-state index is 13.0. The molecule has 1 fully saturated rings. The van der Waals surface area contributed by atoms with Gasteiger partial charge in [0, 0.05) is 11.1 Å². The molecule has 0 saturated heterocycles. The molecule has 2 atom stereocenters. The van der Waals surface area contributed by atoms with E-state index in [4.69, 9.17) is 10.2 Å². The number of fused-ring (bicyclic) bond motifs is 1. The molecule has 0 aliphatic heterocycles. The molecule has 0 spiro atoms. The summed E-state index contributed by atoms with van der Waals surface area (Å²) in [4.78, 5) is 0. The Hall–Kier alpha value is -2.65. The van der Waals surface area contributed by atoms with Crippen molar-refractivity contribution in [3.63, 3.8) is 0 Å². The summed E-state index contributed by atoms with van der Waals surface area (Å²) in [7, 11) is 0. The minimum absolute atomic E-state index is 0.0501. The number of phenolic OH excluding ortho intramolecular Hbond substituents is 1. The summed E-state index contributed by atoms with van der Waals surface area (Å²) in [5.41, 5.74) is 6.71. The Kier molecular flexibility index (Phi) is 4.74. The fourth-order valence-corrected chi connectivity index (χ4v) is 3.81. The van der Waals surface area contributed by atoms with Crippen LogP contribution in [0.5, 0.6) is 5.75 Å². The van der Waals surface area contributed by atoms with Crippen molar-refractivity contribution in [3.05, 3.63) is 53.0 Å². The van der Waals surface area contributed by atoms with Gasteiger partial charge < -0.3 is 20.4 Å². The average molecular weight is 407 g/mol. The van der Waals surface area contributed by atoms with Crippen molar-refractivity contribution in [3.8, 4) is 17.2 Å². The van der Waals surface area contributed by atoms with Crippen LogP contribution < -0.4 is 5.73 Å². The number of halogens is 3. The molecule has 2 aliphatic rings. The van der Waals surface area contributed by atoms with E-state index in [9.17, 15) is 23.4 Å². The van der Waals surface area contributed by atoms with Crippen LogP contribution in [0.25, 0.3) is 11.5 Å². The van der Waals surface area contributed by atoms with Gasteiger partial charge in [0.25, 0.3) is 0 Å². The number of aliphatic hydroxyl groups excluding tert-OH is 1. The second-order valence-corrected chi connectivity index (χ2v) is 7.64. The van der Waals surface area contributed by atoms with Crippen LogP contribution in [-0.2, 0) is 6.18 Å². The first kappa shape index (κ1) is 19.7. The van der Waals surface area contributed by atoms with Crippen LogP contribution in [0, 0.1) is 0 Å². The summed E-state index contributed by atoms with van der Waals surface area (Å²) in [6.07, 6.45) is 2.06. The number of aromatic nitrogens is 2. The topological polar surface area (TPSA) is 105 Å². The number of nitrogens with zero attached hydrogens (tertiary/aromatic N) is 2. The Morgan fingerprint density at radius 1 is 1.24 bits per heavy atom. The van der Waals surface area contributed by atoms with Crippen molar-refractivity contribution in [2.24, 2.45) is 5.73 Å². The SMILES string of the molecule is N[C@@]1(CO)CCC2=CCC(c3nnc(-c4ccc(O)c(C(F)(F)F)c4)o3)C=C2C1. The molecule has 0 bridgehead atoms. The quantitative estimate of drug-likeness (QED) is 0.717. The monoisotopic (exact) mass is 407 g/mol. The van der Waals surface area contributed by atoms with Gasteiger partial charge >= 0.3 is 6.18 Å². The van der Waals surface area contributed by atoms with Gasteiger partial charge in [0.1, 0.15) is 5.75 Å². The summed E-state index contributed by atoms with van der Waals surface area (Å²) in [5.74, 6) is -0.829. The van der Waals surface area contributed by atoms with Gasteiger partial charge in [-0.1, -0.05) is 12.2 Å². The van der Waals surface area contributed by atoms with E-state index in [2.05, 4.69) is 16.3 Å². The van der Waals surface area contributed by atoms with Gasteiger partial charge in [-0.15, -0.1) is 10.2 Å².